The highest BCUT2D eigenvalue weighted by Crippen LogP contribution is 2.21. The molecule has 126 valence electrons. The van der Waals surface area contributed by atoms with Crippen molar-refractivity contribution in [3.63, 3.8) is 0 Å². The van der Waals surface area contributed by atoms with Gasteiger partial charge in [-0.2, -0.15) is 0 Å². The lowest BCUT2D eigenvalue weighted by Gasteiger charge is -2.19. The summed E-state index contributed by atoms with van der Waals surface area (Å²) in [6.45, 7) is 0.238. The van der Waals surface area contributed by atoms with Crippen LogP contribution in [0.1, 0.15) is 31.2 Å². The first kappa shape index (κ1) is 17.3. The summed E-state index contributed by atoms with van der Waals surface area (Å²) in [5, 5.41) is 2.50. The van der Waals surface area contributed by atoms with Gasteiger partial charge in [0, 0.05) is 0 Å². The van der Waals surface area contributed by atoms with Gasteiger partial charge >= 0.3 is 12.1 Å². The highest BCUT2D eigenvalue weighted by molar-refractivity contribution is 5.81. The molecule has 1 aromatic rings. The van der Waals surface area contributed by atoms with Crippen LogP contribution in [-0.4, -0.2) is 37.9 Å². The summed E-state index contributed by atoms with van der Waals surface area (Å²) in [6.07, 6.45) is 3.75. The van der Waals surface area contributed by atoms with Crippen LogP contribution in [0.5, 0.6) is 0 Å². The first-order valence-electron chi connectivity index (χ1n) is 7.85. The average molecular weight is 321 g/mol. The Morgan fingerprint density at radius 1 is 1.22 bits per heavy atom. The summed E-state index contributed by atoms with van der Waals surface area (Å²) in [6, 6.07) is 8.47. The number of benzene rings is 1. The Hall–Kier alpha value is -2.08. The number of hydrogen-bond donors (Lipinski definition) is 1. The molecule has 1 aliphatic carbocycles. The van der Waals surface area contributed by atoms with Gasteiger partial charge in [0.05, 0.1) is 19.8 Å². The molecule has 0 unspecified atom stereocenters. The van der Waals surface area contributed by atoms with Crippen LogP contribution in [0.15, 0.2) is 30.3 Å². The number of hydrogen-bond acceptors (Lipinski definition) is 5. The molecule has 1 amide bonds. The van der Waals surface area contributed by atoms with Crippen molar-refractivity contribution in [2.75, 3.05) is 13.7 Å². The van der Waals surface area contributed by atoms with Crippen molar-refractivity contribution in [3.05, 3.63) is 35.9 Å². The maximum atomic E-state index is 11.8. The van der Waals surface area contributed by atoms with E-state index in [4.69, 9.17) is 14.2 Å². The van der Waals surface area contributed by atoms with Crippen molar-refractivity contribution in [1.29, 1.82) is 0 Å². The van der Waals surface area contributed by atoms with Crippen LogP contribution >= 0.6 is 0 Å². The van der Waals surface area contributed by atoms with Gasteiger partial charge in [0.2, 0.25) is 0 Å². The molecule has 1 saturated carbocycles. The number of carbonyl (C=O) groups excluding carboxylic acids is 2. The summed E-state index contributed by atoms with van der Waals surface area (Å²) in [4.78, 5) is 23.6. The van der Waals surface area contributed by atoms with Crippen LogP contribution in [0.2, 0.25) is 0 Å². The summed E-state index contributed by atoms with van der Waals surface area (Å²) in [5.74, 6) is -0.542. The Bertz CT molecular complexity index is 499. The lowest BCUT2D eigenvalue weighted by molar-refractivity contribution is -0.145. The van der Waals surface area contributed by atoms with Crippen LogP contribution in [0.25, 0.3) is 0 Å². The van der Waals surface area contributed by atoms with Gasteiger partial charge in [0.15, 0.2) is 6.04 Å². The fourth-order valence-electron chi connectivity index (χ4n) is 2.51. The number of amides is 1. The summed E-state index contributed by atoms with van der Waals surface area (Å²) < 4.78 is 15.5. The molecule has 0 aliphatic heterocycles. The smallest absolute Gasteiger partial charge is 0.408 e. The second-order valence-corrected chi connectivity index (χ2v) is 5.52. The molecule has 1 fully saturated rings. The van der Waals surface area contributed by atoms with Gasteiger partial charge < -0.3 is 19.5 Å². The topological polar surface area (TPSA) is 73.9 Å². The summed E-state index contributed by atoms with van der Waals surface area (Å²) in [7, 11) is 1.28. The number of rotatable bonds is 7. The zero-order valence-corrected chi connectivity index (χ0v) is 13.3. The number of ether oxygens (including phenoxy) is 3. The quantitative estimate of drug-likeness (QED) is 0.781. The molecule has 6 heteroatoms. The molecular weight excluding hydrogens is 298 g/mol. The molecule has 1 aliphatic rings. The van der Waals surface area contributed by atoms with Crippen LogP contribution < -0.4 is 5.32 Å². The van der Waals surface area contributed by atoms with Crippen LogP contribution in [0.3, 0.4) is 0 Å². The van der Waals surface area contributed by atoms with Crippen molar-refractivity contribution in [1.82, 2.24) is 5.32 Å². The third-order valence-electron chi connectivity index (χ3n) is 3.79. The number of esters is 1. The second-order valence-electron chi connectivity index (χ2n) is 5.52. The van der Waals surface area contributed by atoms with E-state index in [1.807, 2.05) is 30.3 Å². The maximum absolute atomic E-state index is 11.8. The molecule has 0 saturated heterocycles. The van der Waals surface area contributed by atoms with Crippen LogP contribution in [0, 0.1) is 0 Å². The zero-order valence-electron chi connectivity index (χ0n) is 13.3. The van der Waals surface area contributed by atoms with E-state index in [1.165, 1.54) is 7.11 Å². The van der Waals surface area contributed by atoms with Crippen molar-refractivity contribution < 1.29 is 23.8 Å². The minimum Gasteiger partial charge on any atom is -0.467 e. The van der Waals surface area contributed by atoms with Crippen molar-refractivity contribution in [3.8, 4) is 0 Å². The monoisotopic (exact) mass is 321 g/mol. The molecule has 0 heterocycles. The van der Waals surface area contributed by atoms with E-state index >= 15 is 0 Å². The van der Waals surface area contributed by atoms with E-state index in [1.54, 1.807) is 0 Å². The zero-order chi connectivity index (χ0) is 16.5. The molecule has 0 spiro atoms. The standard InChI is InChI=1S/C17H23NO5/c1-21-16(19)15(12-22-14-9-5-6-10-14)18-17(20)23-11-13-7-3-2-4-8-13/h2-4,7-8,14-15H,5-6,9-12H2,1H3,(H,18,20)/t15-/m1/s1. The third-order valence-corrected chi connectivity index (χ3v) is 3.79. The summed E-state index contributed by atoms with van der Waals surface area (Å²) >= 11 is 0. The van der Waals surface area contributed by atoms with Gasteiger partial charge in [-0.15, -0.1) is 0 Å². The molecule has 2 rings (SSSR count). The molecule has 6 nitrogen and oxygen atoms in total. The molecule has 1 aromatic carbocycles. The fourth-order valence-corrected chi connectivity index (χ4v) is 2.51. The van der Waals surface area contributed by atoms with E-state index in [9.17, 15) is 9.59 Å². The lowest BCUT2D eigenvalue weighted by Crippen LogP contribution is -2.45. The molecule has 0 aromatic heterocycles. The highest BCUT2D eigenvalue weighted by atomic mass is 16.6. The number of nitrogens with one attached hydrogen (secondary N) is 1. The van der Waals surface area contributed by atoms with Gasteiger partial charge in [-0.25, -0.2) is 9.59 Å². The SMILES string of the molecule is COC(=O)[C@@H](COC1CCCC1)NC(=O)OCc1ccccc1. The minimum absolute atomic E-state index is 0.0950. The first-order chi connectivity index (χ1) is 11.2. The van der Waals surface area contributed by atoms with Gasteiger partial charge in [-0.3, -0.25) is 0 Å². The van der Waals surface area contributed by atoms with E-state index in [0.29, 0.717) is 0 Å². The van der Waals surface area contributed by atoms with Gasteiger partial charge in [-0.1, -0.05) is 43.2 Å². The second kappa shape index (κ2) is 9.15. The van der Waals surface area contributed by atoms with Crippen molar-refractivity contribution >= 4 is 12.1 Å². The first-order valence-corrected chi connectivity index (χ1v) is 7.85. The Morgan fingerprint density at radius 3 is 2.57 bits per heavy atom. The summed E-state index contributed by atoms with van der Waals surface area (Å²) in [5.41, 5.74) is 0.875. The number of alkyl carbamates (subject to hydrolysis) is 1. The number of methoxy groups -OCH3 is 1. The molecule has 1 atom stereocenters. The molecule has 23 heavy (non-hydrogen) atoms. The van der Waals surface area contributed by atoms with E-state index in [0.717, 1.165) is 31.2 Å². The van der Waals surface area contributed by atoms with E-state index in [2.05, 4.69) is 5.32 Å². The van der Waals surface area contributed by atoms with Gasteiger partial charge in [-0.05, 0) is 18.4 Å². The Kier molecular flexibility index (Phi) is 6.87. The predicted molar refractivity (Wildman–Crippen MR) is 83.8 cm³/mol. The third kappa shape index (κ3) is 5.90. The Morgan fingerprint density at radius 2 is 1.91 bits per heavy atom. The lowest BCUT2D eigenvalue weighted by atomic mass is 10.2. The largest absolute Gasteiger partial charge is 0.467 e. The highest BCUT2D eigenvalue weighted by Gasteiger charge is 2.25. The van der Waals surface area contributed by atoms with Crippen molar-refractivity contribution in [2.45, 2.75) is 44.4 Å². The normalized spacial score (nSPS) is 15.9. The fraction of sp³-hybridized carbons (Fsp3) is 0.529. The van der Waals surface area contributed by atoms with E-state index < -0.39 is 18.1 Å². The Balaban J connectivity index is 1.78. The number of carbonyl (C=O) groups is 2. The van der Waals surface area contributed by atoms with Gasteiger partial charge in [0.1, 0.15) is 6.61 Å². The van der Waals surface area contributed by atoms with Crippen LogP contribution in [-0.2, 0) is 25.6 Å². The van der Waals surface area contributed by atoms with Crippen LogP contribution in [0.4, 0.5) is 4.79 Å². The molecular formula is C17H23NO5. The maximum Gasteiger partial charge on any atom is 0.408 e. The molecule has 1 N–H and O–H groups in total. The van der Waals surface area contributed by atoms with E-state index in [-0.39, 0.29) is 19.3 Å². The Labute approximate surface area is 136 Å². The average Bonchev–Trinajstić information content (AvgIpc) is 3.10. The molecule has 0 bridgehead atoms. The van der Waals surface area contributed by atoms with Crippen molar-refractivity contribution in [2.24, 2.45) is 0 Å². The minimum atomic E-state index is -0.858. The predicted octanol–water partition coefficient (Wildman–Crippen LogP) is 2.41. The molecule has 0 radical (unpaired) electrons. The van der Waals surface area contributed by atoms with Gasteiger partial charge in [0.25, 0.3) is 0 Å².